The van der Waals surface area contributed by atoms with Crippen LogP contribution in [0.3, 0.4) is 0 Å². The van der Waals surface area contributed by atoms with Gasteiger partial charge in [-0.25, -0.2) is 4.39 Å². The van der Waals surface area contributed by atoms with Gasteiger partial charge in [-0.2, -0.15) is 10.5 Å². The molecule has 1 amide bonds. The van der Waals surface area contributed by atoms with Crippen LogP contribution >= 0.6 is 11.8 Å². The minimum absolute atomic E-state index is 0.104. The minimum Gasteiger partial charge on any atom is -0.503 e. The number of phenols is 1. The maximum absolute atomic E-state index is 12.9. The number of nitrogens with zero attached hydrogens (tertiary/aromatic N) is 2. The molecule has 0 heterocycles. The number of thioether (sulfide) groups is 1. The van der Waals surface area contributed by atoms with Crippen LogP contribution in [-0.2, 0) is 4.79 Å². The zero-order valence-corrected chi connectivity index (χ0v) is 14.3. The second-order valence-corrected chi connectivity index (χ2v) is 5.72. The molecule has 0 spiro atoms. The third-order valence-electron chi connectivity index (χ3n) is 3.22. The van der Waals surface area contributed by atoms with Gasteiger partial charge in [-0.05, 0) is 59.8 Å². The molecule has 0 radical (unpaired) electrons. The first kappa shape index (κ1) is 18.8. The van der Waals surface area contributed by atoms with E-state index in [0.29, 0.717) is 11.3 Å². The molecule has 26 heavy (non-hydrogen) atoms. The van der Waals surface area contributed by atoms with Crippen molar-refractivity contribution >= 4 is 29.4 Å². The molecular weight excluding hydrogens is 357 g/mol. The monoisotopic (exact) mass is 369 g/mol. The fraction of sp³-hybridized carbons (Fsp3) is 0.0556. The van der Waals surface area contributed by atoms with E-state index in [2.05, 4.69) is 5.32 Å². The van der Waals surface area contributed by atoms with Crippen molar-refractivity contribution < 1.29 is 19.0 Å². The Balaban J connectivity index is 2.34. The third-order valence-corrected chi connectivity index (χ3v) is 3.84. The lowest BCUT2D eigenvalue weighted by Crippen LogP contribution is -2.13. The van der Waals surface area contributed by atoms with E-state index < -0.39 is 11.7 Å². The van der Waals surface area contributed by atoms with Crippen molar-refractivity contribution in [3.63, 3.8) is 0 Å². The fourth-order valence-corrected chi connectivity index (χ4v) is 2.51. The van der Waals surface area contributed by atoms with Gasteiger partial charge in [0.2, 0.25) is 0 Å². The molecule has 0 saturated heterocycles. The van der Waals surface area contributed by atoms with Crippen molar-refractivity contribution in [2.75, 3.05) is 12.4 Å². The molecule has 0 aliphatic carbocycles. The zero-order valence-electron chi connectivity index (χ0n) is 13.5. The van der Waals surface area contributed by atoms with E-state index in [4.69, 9.17) is 10.00 Å². The highest BCUT2D eigenvalue weighted by atomic mass is 32.2. The number of halogens is 1. The molecule has 0 fully saturated rings. The smallest absolute Gasteiger partial charge is 0.266 e. The highest BCUT2D eigenvalue weighted by molar-refractivity contribution is 8.03. The number of thiocyanates is 1. The molecule has 8 heteroatoms. The Labute approximate surface area is 153 Å². The number of benzene rings is 2. The second-order valence-electron chi connectivity index (χ2n) is 4.89. The van der Waals surface area contributed by atoms with E-state index in [1.165, 1.54) is 49.6 Å². The van der Waals surface area contributed by atoms with Crippen LogP contribution in [0.5, 0.6) is 11.5 Å². The number of phenolic OH excluding ortho intramolecular Hbond substituents is 1. The quantitative estimate of drug-likeness (QED) is 0.361. The Morgan fingerprint density at radius 3 is 2.58 bits per heavy atom. The maximum Gasteiger partial charge on any atom is 0.266 e. The van der Waals surface area contributed by atoms with Crippen LogP contribution in [-0.4, -0.2) is 18.1 Å². The van der Waals surface area contributed by atoms with Gasteiger partial charge in [-0.15, -0.1) is 0 Å². The first-order valence-electron chi connectivity index (χ1n) is 7.14. The van der Waals surface area contributed by atoms with Crippen LogP contribution in [0.2, 0.25) is 0 Å². The van der Waals surface area contributed by atoms with E-state index in [9.17, 15) is 19.6 Å². The number of amides is 1. The highest BCUT2D eigenvalue weighted by Gasteiger charge is 2.14. The number of carbonyl (C=O) groups is 1. The lowest BCUT2D eigenvalue weighted by Gasteiger charge is -2.09. The van der Waals surface area contributed by atoms with Crippen molar-refractivity contribution in [3.8, 4) is 23.0 Å². The van der Waals surface area contributed by atoms with Crippen molar-refractivity contribution in [1.82, 2.24) is 0 Å². The van der Waals surface area contributed by atoms with Gasteiger partial charge in [0.1, 0.15) is 22.9 Å². The largest absolute Gasteiger partial charge is 0.503 e. The number of nitriles is 2. The standard InChI is InChI=1S/C18H12FN3O3S/c1-25-15-7-11(8-16(17(15)23)26-10-21)6-12(9-20)18(24)22-14-4-2-13(19)3-5-14/h2-8,23H,1H3,(H,22,24)/b12-6-. The van der Waals surface area contributed by atoms with Crippen molar-refractivity contribution in [2.45, 2.75) is 4.90 Å². The number of rotatable bonds is 5. The Morgan fingerprint density at radius 2 is 2.00 bits per heavy atom. The first-order chi connectivity index (χ1) is 12.5. The van der Waals surface area contributed by atoms with Gasteiger partial charge >= 0.3 is 0 Å². The Hall–Kier alpha value is -3.49. The maximum atomic E-state index is 12.9. The van der Waals surface area contributed by atoms with Crippen LogP contribution in [0.15, 0.2) is 46.9 Å². The number of carbonyl (C=O) groups excluding carboxylic acids is 1. The molecule has 0 aliphatic rings. The van der Waals surface area contributed by atoms with E-state index in [1.54, 1.807) is 6.07 Å². The van der Waals surface area contributed by atoms with Crippen molar-refractivity contribution in [2.24, 2.45) is 0 Å². The Bertz CT molecular complexity index is 944. The summed E-state index contributed by atoms with van der Waals surface area (Å²) in [5, 5.41) is 32.3. The molecule has 0 bridgehead atoms. The summed E-state index contributed by atoms with van der Waals surface area (Å²) in [6, 6.07) is 9.77. The zero-order chi connectivity index (χ0) is 19.1. The van der Waals surface area contributed by atoms with Crippen LogP contribution in [0.4, 0.5) is 10.1 Å². The molecule has 2 aromatic carbocycles. The average Bonchev–Trinajstić information content (AvgIpc) is 2.64. The van der Waals surface area contributed by atoms with Gasteiger partial charge in [0.15, 0.2) is 11.5 Å². The predicted octanol–water partition coefficient (Wildman–Crippen LogP) is 3.66. The van der Waals surface area contributed by atoms with E-state index in [-0.39, 0.29) is 22.0 Å². The summed E-state index contributed by atoms with van der Waals surface area (Å²) in [5.74, 6) is -1.23. The van der Waals surface area contributed by atoms with Gasteiger partial charge < -0.3 is 15.2 Å². The third kappa shape index (κ3) is 4.53. The van der Waals surface area contributed by atoms with E-state index >= 15 is 0 Å². The predicted molar refractivity (Wildman–Crippen MR) is 94.7 cm³/mol. The summed E-state index contributed by atoms with van der Waals surface area (Å²) < 4.78 is 17.9. The van der Waals surface area contributed by atoms with Crippen LogP contribution in [0.1, 0.15) is 5.56 Å². The van der Waals surface area contributed by atoms with Gasteiger partial charge in [0.05, 0.1) is 12.0 Å². The summed E-state index contributed by atoms with van der Waals surface area (Å²) in [4.78, 5) is 12.5. The molecule has 0 atom stereocenters. The lowest BCUT2D eigenvalue weighted by molar-refractivity contribution is -0.112. The second kappa shape index (κ2) is 8.56. The molecule has 0 aliphatic heterocycles. The fourth-order valence-electron chi connectivity index (χ4n) is 2.02. The van der Waals surface area contributed by atoms with Gasteiger partial charge in [0, 0.05) is 5.69 Å². The lowest BCUT2D eigenvalue weighted by atomic mass is 10.1. The number of methoxy groups -OCH3 is 1. The topological polar surface area (TPSA) is 106 Å². The summed E-state index contributed by atoms with van der Waals surface area (Å²) in [5.41, 5.74) is 0.514. The molecule has 130 valence electrons. The van der Waals surface area contributed by atoms with Crippen molar-refractivity contribution in [3.05, 3.63) is 53.4 Å². The molecular formula is C18H12FN3O3S. The molecule has 2 aromatic rings. The van der Waals surface area contributed by atoms with Gasteiger partial charge in [0.25, 0.3) is 5.91 Å². The number of anilines is 1. The van der Waals surface area contributed by atoms with E-state index in [1.807, 2.05) is 5.40 Å². The van der Waals surface area contributed by atoms with Crippen molar-refractivity contribution in [1.29, 1.82) is 10.5 Å². The summed E-state index contributed by atoms with van der Waals surface area (Å²) in [6.45, 7) is 0. The SMILES string of the molecule is COc1cc(/C=C(/C#N)C(=O)Nc2ccc(F)cc2)cc(SC#N)c1O. The van der Waals surface area contributed by atoms with Gasteiger partial charge in [-0.3, -0.25) is 4.79 Å². The first-order valence-corrected chi connectivity index (χ1v) is 7.95. The molecule has 2 rings (SSSR count). The highest BCUT2D eigenvalue weighted by Crippen LogP contribution is 2.38. The van der Waals surface area contributed by atoms with Crippen LogP contribution < -0.4 is 10.1 Å². The molecule has 0 saturated carbocycles. The molecule has 2 N–H and O–H groups in total. The Morgan fingerprint density at radius 1 is 1.31 bits per heavy atom. The van der Waals surface area contributed by atoms with Crippen LogP contribution in [0.25, 0.3) is 6.08 Å². The average molecular weight is 369 g/mol. The number of hydrogen-bond donors (Lipinski definition) is 2. The summed E-state index contributed by atoms with van der Waals surface area (Å²) in [6.07, 6.45) is 1.29. The minimum atomic E-state index is -0.680. The molecule has 0 aromatic heterocycles. The molecule has 6 nitrogen and oxygen atoms in total. The number of aromatic hydroxyl groups is 1. The normalized spacial score (nSPS) is 10.5. The number of ether oxygens (including phenoxy) is 1. The summed E-state index contributed by atoms with van der Waals surface area (Å²) in [7, 11) is 1.34. The van der Waals surface area contributed by atoms with E-state index in [0.717, 1.165) is 11.8 Å². The molecule has 0 unspecified atom stereocenters. The number of hydrogen-bond acceptors (Lipinski definition) is 6. The van der Waals surface area contributed by atoms with Crippen LogP contribution in [0, 0.1) is 27.8 Å². The van der Waals surface area contributed by atoms with Gasteiger partial charge in [-0.1, -0.05) is 0 Å². The summed E-state index contributed by atoms with van der Waals surface area (Å²) >= 11 is 0.720. The number of nitrogens with one attached hydrogen (secondary N) is 1. The Kier molecular flexibility index (Phi) is 6.20.